The fourth-order valence-corrected chi connectivity index (χ4v) is 4.90. The molecule has 0 spiro atoms. The summed E-state index contributed by atoms with van der Waals surface area (Å²) in [6, 6.07) is 12.9. The van der Waals surface area contributed by atoms with E-state index in [1.165, 1.54) is 58.4 Å². The summed E-state index contributed by atoms with van der Waals surface area (Å²) in [4.78, 5) is 3.46. The highest BCUT2D eigenvalue weighted by Gasteiger charge is 2.19. The third kappa shape index (κ3) is 11.6. The van der Waals surface area contributed by atoms with Gasteiger partial charge in [0.1, 0.15) is 0 Å². The Morgan fingerprint density at radius 1 is 1.00 bits per heavy atom. The summed E-state index contributed by atoms with van der Waals surface area (Å²) in [5, 5.41) is 0. The Hall–Kier alpha value is -3.26. The lowest BCUT2D eigenvalue weighted by molar-refractivity contribution is 0.433. The Morgan fingerprint density at radius 3 is 2.24 bits per heavy atom. The van der Waals surface area contributed by atoms with Crippen LogP contribution in [0.25, 0.3) is 11.1 Å². The molecule has 2 nitrogen and oxygen atoms in total. The van der Waals surface area contributed by atoms with Crippen LogP contribution in [0.15, 0.2) is 102 Å². The molecule has 2 unspecified atom stereocenters. The zero-order chi connectivity index (χ0) is 31.1. The van der Waals surface area contributed by atoms with Crippen LogP contribution in [0.5, 0.6) is 0 Å². The Morgan fingerprint density at radius 2 is 1.69 bits per heavy atom. The summed E-state index contributed by atoms with van der Waals surface area (Å²) in [5.74, 6) is 1.13. The van der Waals surface area contributed by atoms with E-state index in [0.717, 1.165) is 25.0 Å². The third-order valence-electron chi connectivity index (χ3n) is 8.43. The molecular weight excluding hydrogens is 508 g/mol. The maximum atomic E-state index is 6.12. The Kier molecular flexibility index (Phi) is 14.7. The number of benzene rings is 1. The molecule has 1 heterocycles. The summed E-state index contributed by atoms with van der Waals surface area (Å²) < 4.78 is 0. The number of hydrogen-bond acceptors (Lipinski definition) is 1. The molecule has 2 atom stereocenters. The van der Waals surface area contributed by atoms with E-state index in [2.05, 4.69) is 152 Å². The second-order valence-corrected chi connectivity index (χ2v) is 12.8. The van der Waals surface area contributed by atoms with Crippen LogP contribution < -0.4 is 5.73 Å². The fraction of sp³-hybridized carbons (Fsp3) is 0.450. The number of H-pyrrole nitrogens is 1. The maximum absolute atomic E-state index is 6.12. The highest BCUT2D eigenvalue weighted by Crippen LogP contribution is 2.33. The fourth-order valence-electron chi connectivity index (χ4n) is 4.90. The second-order valence-electron chi connectivity index (χ2n) is 12.8. The van der Waals surface area contributed by atoms with E-state index in [1.807, 2.05) is 0 Å². The predicted molar refractivity (Wildman–Crippen MR) is 188 cm³/mol. The maximum Gasteiger partial charge on any atom is 0.0416 e. The van der Waals surface area contributed by atoms with Crippen molar-refractivity contribution in [2.24, 2.45) is 17.6 Å². The van der Waals surface area contributed by atoms with Gasteiger partial charge in [-0.25, -0.2) is 0 Å². The van der Waals surface area contributed by atoms with E-state index in [-0.39, 0.29) is 5.41 Å². The lowest BCUT2D eigenvalue weighted by Gasteiger charge is -2.24. The lowest BCUT2D eigenvalue weighted by Crippen LogP contribution is -2.20. The van der Waals surface area contributed by atoms with Crippen LogP contribution in [0.3, 0.4) is 0 Å². The summed E-state index contributed by atoms with van der Waals surface area (Å²) >= 11 is 0. The molecule has 0 saturated carbocycles. The van der Waals surface area contributed by atoms with Gasteiger partial charge in [-0.05, 0) is 111 Å². The van der Waals surface area contributed by atoms with Gasteiger partial charge >= 0.3 is 0 Å². The normalized spacial score (nSPS) is 19.6. The van der Waals surface area contributed by atoms with Gasteiger partial charge in [0, 0.05) is 23.5 Å². The highest BCUT2D eigenvalue weighted by molar-refractivity contribution is 5.85. The van der Waals surface area contributed by atoms with E-state index in [0.29, 0.717) is 11.8 Å². The van der Waals surface area contributed by atoms with Gasteiger partial charge in [0.2, 0.25) is 0 Å². The van der Waals surface area contributed by atoms with Crippen molar-refractivity contribution in [3.63, 3.8) is 0 Å². The van der Waals surface area contributed by atoms with Crippen LogP contribution in [0.1, 0.15) is 118 Å². The second kappa shape index (κ2) is 17.6. The molecule has 4 rings (SSSR count). The minimum Gasteiger partial charge on any atom is -0.402 e. The first-order valence-electron chi connectivity index (χ1n) is 16.1. The van der Waals surface area contributed by atoms with E-state index in [1.54, 1.807) is 0 Å². The Balaban J connectivity index is 0.000000257. The smallest absolute Gasteiger partial charge is 0.0416 e. The zero-order valence-electron chi connectivity index (χ0n) is 28.1. The molecule has 0 bridgehead atoms. The molecule has 2 heteroatoms. The van der Waals surface area contributed by atoms with Crippen molar-refractivity contribution in [3.05, 3.63) is 119 Å². The van der Waals surface area contributed by atoms with Gasteiger partial charge in [-0.15, -0.1) is 0 Å². The molecule has 0 amide bonds. The van der Waals surface area contributed by atoms with E-state index in [4.69, 9.17) is 5.73 Å². The molecule has 1 aromatic heterocycles. The third-order valence-corrected chi connectivity index (χ3v) is 8.43. The van der Waals surface area contributed by atoms with Crippen LogP contribution in [0.2, 0.25) is 0 Å². The minimum absolute atomic E-state index is 0.197. The van der Waals surface area contributed by atoms with Crippen molar-refractivity contribution in [1.29, 1.82) is 0 Å². The first-order valence-corrected chi connectivity index (χ1v) is 16.1. The topological polar surface area (TPSA) is 41.8 Å². The van der Waals surface area contributed by atoms with Crippen molar-refractivity contribution >= 4 is 11.1 Å². The van der Waals surface area contributed by atoms with Crippen molar-refractivity contribution in [2.45, 2.75) is 106 Å². The molecular formula is C40H58N2. The number of nitrogens with one attached hydrogen (secondary N) is 1. The average molecular weight is 567 g/mol. The summed E-state index contributed by atoms with van der Waals surface area (Å²) in [6.45, 7) is 19.7. The summed E-state index contributed by atoms with van der Waals surface area (Å²) in [6.07, 6.45) is 24.6. The van der Waals surface area contributed by atoms with Gasteiger partial charge in [-0.2, -0.15) is 0 Å². The van der Waals surface area contributed by atoms with Crippen molar-refractivity contribution in [1.82, 2.24) is 4.98 Å². The molecule has 2 aromatic rings. The molecule has 0 fully saturated rings. The number of hydrogen-bond donors (Lipinski definition) is 2. The summed E-state index contributed by atoms with van der Waals surface area (Å²) in [7, 11) is 0. The van der Waals surface area contributed by atoms with E-state index in [9.17, 15) is 0 Å². The first-order chi connectivity index (χ1) is 20.0. The van der Waals surface area contributed by atoms with Crippen LogP contribution in [-0.4, -0.2) is 4.98 Å². The minimum atomic E-state index is 0.197. The number of nitrogens with two attached hydrogens (primary N) is 1. The molecule has 0 aliphatic heterocycles. The number of allylic oxidation sites excluding steroid dienone is 12. The van der Waals surface area contributed by atoms with Gasteiger partial charge < -0.3 is 10.7 Å². The predicted octanol–water partition coefficient (Wildman–Crippen LogP) is 11.7. The largest absolute Gasteiger partial charge is 0.402 e. The van der Waals surface area contributed by atoms with E-state index >= 15 is 0 Å². The number of aromatic nitrogens is 1. The monoisotopic (exact) mass is 566 g/mol. The molecule has 2 aliphatic carbocycles. The van der Waals surface area contributed by atoms with Gasteiger partial charge in [0.25, 0.3) is 0 Å². The number of aromatic amines is 1. The highest BCUT2D eigenvalue weighted by atomic mass is 14.7. The van der Waals surface area contributed by atoms with Gasteiger partial charge in [-0.3, -0.25) is 0 Å². The molecule has 2 aliphatic rings. The SMILES string of the molecule is CC(C)(C)c1c[nH]c(C2=CC(c3ccccc3)=CCC2)c1.CC/C(C)=C/C=C(\N)C1CCC=CC1C.CC=C(C)CC. The van der Waals surface area contributed by atoms with E-state index < -0.39 is 0 Å². The van der Waals surface area contributed by atoms with Gasteiger partial charge in [0.05, 0.1) is 0 Å². The molecule has 3 N–H and O–H groups in total. The standard InChI is InChI=1S/C20H23N.C14H23N.C6H12/c1-20(2,3)18-13-19(21-14-18)17-11-7-10-16(12-17)15-8-5-4-6-9-15;1-4-11(2)9-10-14(15)13-8-6-5-7-12(13)3;1-4-6(3)5-2/h4-6,8-10,12-14,21H,7,11H2,1-3H3;5,7,9-10,12-13H,4,6,8,15H2,1-3H3;4H,5H2,1-3H3/b;11-9+,14-10-;. The average Bonchev–Trinajstić information content (AvgIpc) is 3.52. The summed E-state index contributed by atoms with van der Waals surface area (Å²) in [5.41, 5.74) is 16.9. The molecule has 228 valence electrons. The zero-order valence-corrected chi connectivity index (χ0v) is 28.1. The van der Waals surface area contributed by atoms with Crippen LogP contribution >= 0.6 is 0 Å². The van der Waals surface area contributed by atoms with Crippen molar-refractivity contribution in [2.75, 3.05) is 0 Å². The Labute approximate surface area is 258 Å². The molecule has 0 saturated heterocycles. The van der Waals surface area contributed by atoms with Crippen molar-refractivity contribution < 1.29 is 0 Å². The van der Waals surface area contributed by atoms with Crippen molar-refractivity contribution in [3.8, 4) is 0 Å². The molecule has 42 heavy (non-hydrogen) atoms. The number of rotatable bonds is 6. The quantitative estimate of drug-likeness (QED) is 0.265. The lowest BCUT2D eigenvalue weighted by atomic mass is 9.83. The van der Waals surface area contributed by atoms with Gasteiger partial charge in [0.15, 0.2) is 0 Å². The molecule has 0 radical (unpaired) electrons. The Bertz CT molecular complexity index is 1270. The van der Waals surface area contributed by atoms with Crippen LogP contribution in [0.4, 0.5) is 0 Å². The first kappa shape index (κ1) is 34.9. The van der Waals surface area contributed by atoms with Gasteiger partial charge in [-0.1, -0.05) is 113 Å². The van der Waals surface area contributed by atoms with Crippen LogP contribution in [-0.2, 0) is 5.41 Å². The molecule has 1 aromatic carbocycles. The van der Waals surface area contributed by atoms with Crippen LogP contribution in [0, 0.1) is 11.8 Å².